The number of nitrogens with zero attached hydrogens (tertiary/aromatic N) is 1. The van der Waals surface area contributed by atoms with Gasteiger partial charge in [-0.15, -0.1) is 0 Å². The van der Waals surface area contributed by atoms with E-state index in [1.807, 2.05) is 51.1 Å². The lowest BCUT2D eigenvalue weighted by Crippen LogP contribution is -2.56. The van der Waals surface area contributed by atoms with Gasteiger partial charge in [-0.1, -0.05) is 30.3 Å². The predicted molar refractivity (Wildman–Crippen MR) is 128 cm³/mol. The number of amides is 2. The third-order valence-corrected chi connectivity index (χ3v) is 5.48. The van der Waals surface area contributed by atoms with Crippen LogP contribution in [0.2, 0.25) is 0 Å². The molecular formula is C26H32N2O7. The van der Waals surface area contributed by atoms with Crippen molar-refractivity contribution in [2.24, 2.45) is 0 Å². The van der Waals surface area contributed by atoms with Gasteiger partial charge in [0.15, 0.2) is 11.5 Å². The Morgan fingerprint density at radius 1 is 1.09 bits per heavy atom. The maximum absolute atomic E-state index is 12.8. The van der Waals surface area contributed by atoms with E-state index >= 15 is 0 Å². The number of fused-ring (bicyclic) bond motifs is 1. The first-order chi connectivity index (χ1) is 16.8. The number of hydrogen-bond donors (Lipinski definition) is 1. The fourth-order valence-electron chi connectivity index (χ4n) is 3.73. The van der Waals surface area contributed by atoms with Gasteiger partial charge >= 0.3 is 6.09 Å². The summed E-state index contributed by atoms with van der Waals surface area (Å²) in [6, 6.07) is 14.8. The Morgan fingerprint density at radius 3 is 2.66 bits per heavy atom. The highest BCUT2D eigenvalue weighted by atomic mass is 16.6. The lowest BCUT2D eigenvalue weighted by atomic mass is 10.2. The van der Waals surface area contributed by atoms with Gasteiger partial charge in [0.05, 0.1) is 19.3 Å². The van der Waals surface area contributed by atoms with E-state index < -0.39 is 17.8 Å². The molecule has 0 bridgehead atoms. The Kier molecular flexibility index (Phi) is 7.65. The quantitative estimate of drug-likeness (QED) is 0.673. The topological polar surface area (TPSA) is 95.6 Å². The number of rotatable bonds is 6. The van der Waals surface area contributed by atoms with Crippen molar-refractivity contribution in [1.29, 1.82) is 0 Å². The molecular weight excluding hydrogens is 452 g/mol. The van der Waals surface area contributed by atoms with Crippen molar-refractivity contribution in [2.75, 3.05) is 32.9 Å². The summed E-state index contributed by atoms with van der Waals surface area (Å²) < 4.78 is 28.5. The number of nitrogens with one attached hydrogen (secondary N) is 1. The molecule has 9 heteroatoms. The number of benzene rings is 2. The Morgan fingerprint density at radius 2 is 1.89 bits per heavy atom. The molecule has 188 valence electrons. The highest BCUT2D eigenvalue weighted by Gasteiger charge is 2.33. The molecule has 0 aromatic heterocycles. The minimum Gasteiger partial charge on any atom is -0.489 e. The summed E-state index contributed by atoms with van der Waals surface area (Å²) in [4.78, 5) is 27.0. The second-order valence-corrected chi connectivity index (χ2v) is 9.45. The number of carbonyl (C=O) groups excluding carboxylic acids is 2. The van der Waals surface area contributed by atoms with Gasteiger partial charge < -0.3 is 29.0 Å². The fourth-order valence-corrected chi connectivity index (χ4v) is 3.73. The van der Waals surface area contributed by atoms with Crippen LogP contribution in [-0.4, -0.2) is 67.6 Å². The van der Waals surface area contributed by atoms with Gasteiger partial charge in [-0.05, 0) is 38.5 Å². The van der Waals surface area contributed by atoms with Gasteiger partial charge in [0.25, 0.3) is 5.91 Å². The van der Waals surface area contributed by atoms with Crippen molar-refractivity contribution in [2.45, 2.75) is 45.1 Å². The van der Waals surface area contributed by atoms with E-state index in [0.717, 1.165) is 5.56 Å². The van der Waals surface area contributed by atoms with Crippen LogP contribution in [0.25, 0.3) is 0 Å². The summed E-state index contributed by atoms with van der Waals surface area (Å²) >= 11 is 0. The summed E-state index contributed by atoms with van der Waals surface area (Å²) in [5, 5.41) is 2.86. The van der Waals surface area contributed by atoms with Gasteiger partial charge in [0, 0.05) is 19.2 Å². The Bertz CT molecular complexity index is 1020. The van der Waals surface area contributed by atoms with Crippen molar-refractivity contribution in [1.82, 2.24) is 10.2 Å². The zero-order chi connectivity index (χ0) is 24.8. The fraction of sp³-hybridized carbons (Fsp3) is 0.462. The Balaban J connectivity index is 1.32. The Labute approximate surface area is 205 Å². The molecule has 2 heterocycles. The molecule has 0 spiro atoms. The van der Waals surface area contributed by atoms with Crippen LogP contribution in [-0.2, 0) is 20.9 Å². The van der Waals surface area contributed by atoms with Crippen molar-refractivity contribution >= 4 is 12.0 Å². The van der Waals surface area contributed by atoms with Gasteiger partial charge in [-0.2, -0.15) is 0 Å². The van der Waals surface area contributed by atoms with Gasteiger partial charge in [0.1, 0.15) is 24.6 Å². The maximum Gasteiger partial charge on any atom is 0.410 e. The maximum atomic E-state index is 12.8. The van der Waals surface area contributed by atoms with Crippen LogP contribution in [0, 0.1) is 0 Å². The summed E-state index contributed by atoms with van der Waals surface area (Å²) in [5.41, 5.74) is 0.444. The molecule has 4 rings (SSSR count). The molecule has 2 aromatic carbocycles. The lowest BCUT2D eigenvalue weighted by Gasteiger charge is -2.36. The number of ether oxygens (including phenoxy) is 5. The van der Waals surface area contributed by atoms with E-state index in [4.69, 9.17) is 23.7 Å². The molecule has 9 nitrogen and oxygen atoms in total. The Hall–Kier alpha value is -3.46. The van der Waals surface area contributed by atoms with E-state index in [0.29, 0.717) is 43.6 Å². The molecule has 0 aliphatic carbocycles. The molecule has 0 radical (unpaired) electrons. The molecule has 1 saturated heterocycles. The summed E-state index contributed by atoms with van der Waals surface area (Å²) in [7, 11) is 0. The third kappa shape index (κ3) is 6.79. The molecule has 2 aliphatic heterocycles. The highest BCUT2D eigenvalue weighted by molar-refractivity contribution is 5.82. The van der Waals surface area contributed by atoms with E-state index in [2.05, 4.69) is 5.32 Å². The third-order valence-electron chi connectivity index (χ3n) is 5.48. The monoisotopic (exact) mass is 484 g/mol. The van der Waals surface area contributed by atoms with E-state index in [9.17, 15) is 9.59 Å². The van der Waals surface area contributed by atoms with Crippen LogP contribution in [0.3, 0.4) is 0 Å². The normalized spacial score (nSPS) is 19.6. The summed E-state index contributed by atoms with van der Waals surface area (Å²) in [5.74, 6) is 1.28. The number of hydrogen-bond acceptors (Lipinski definition) is 7. The molecule has 1 fully saturated rings. The average Bonchev–Trinajstić information content (AvgIpc) is 2.85. The molecule has 2 aromatic rings. The number of morpholine rings is 1. The van der Waals surface area contributed by atoms with Crippen LogP contribution in [0.4, 0.5) is 4.79 Å². The van der Waals surface area contributed by atoms with Crippen LogP contribution < -0.4 is 19.5 Å². The molecule has 2 unspecified atom stereocenters. The van der Waals surface area contributed by atoms with Crippen LogP contribution in [0.15, 0.2) is 48.5 Å². The predicted octanol–water partition coefficient (Wildman–Crippen LogP) is 3.16. The molecule has 35 heavy (non-hydrogen) atoms. The van der Waals surface area contributed by atoms with Crippen molar-refractivity contribution in [3.05, 3.63) is 54.1 Å². The molecule has 1 N–H and O–H groups in total. The smallest absolute Gasteiger partial charge is 0.410 e. The largest absolute Gasteiger partial charge is 0.489 e. The van der Waals surface area contributed by atoms with Crippen LogP contribution in [0.1, 0.15) is 26.3 Å². The first-order valence-electron chi connectivity index (χ1n) is 11.7. The summed E-state index contributed by atoms with van der Waals surface area (Å²) in [6.07, 6.45) is -1.25. The van der Waals surface area contributed by atoms with Crippen LogP contribution >= 0.6 is 0 Å². The molecule has 2 atom stereocenters. The average molecular weight is 485 g/mol. The second kappa shape index (κ2) is 10.9. The van der Waals surface area contributed by atoms with E-state index in [1.54, 1.807) is 23.1 Å². The first kappa shape index (κ1) is 24.7. The van der Waals surface area contributed by atoms with Gasteiger partial charge in [-0.25, -0.2) is 4.79 Å². The van der Waals surface area contributed by atoms with Gasteiger partial charge in [0.2, 0.25) is 6.10 Å². The molecule has 0 saturated carbocycles. The highest BCUT2D eigenvalue weighted by Crippen LogP contribution is 2.35. The van der Waals surface area contributed by atoms with Crippen LogP contribution in [0.5, 0.6) is 17.2 Å². The second-order valence-electron chi connectivity index (χ2n) is 9.45. The minimum atomic E-state index is -0.827. The lowest BCUT2D eigenvalue weighted by molar-refractivity contribution is -0.131. The standard InChI is InChI=1S/C26H32N2O7/c1-26(2,3)35-25(30)28-11-12-31-16-19(28)14-27-24(29)23-17-33-21-10-9-20(13-22(21)34-23)32-15-18-7-5-4-6-8-18/h4-10,13,19,23H,11-12,14-17H2,1-3H3,(H,27,29). The van der Waals surface area contributed by atoms with E-state index in [1.165, 1.54) is 0 Å². The SMILES string of the molecule is CC(C)(C)OC(=O)N1CCOCC1CNC(=O)C1COc2ccc(OCc3ccccc3)cc2O1. The zero-order valence-corrected chi connectivity index (χ0v) is 20.3. The molecule has 2 amide bonds. The van der Waals surface area contributed by atoms with Crippen molar-refractivity contribution in [3.63, 3.8) is 0 Å². The van der Waals surface area contributed by atoms with Gasteiger partial charge in [-0.3, -0.25) is 9.69 Å². The first-order valence-corrected chi connectivity index (χ1v) is 11.7. The van der Waals surface area contributed by atoms with Crippen molar-refractivity contribution < 1.29 is 33.3 Å². The van der Waals surface area contributed by atoms with E-state index in [-0.39, 0.29) is 25.1 Å². The zero-order valence-electron chi connectivity index (χ0n) is 20.3. The summed E-state index contributed by atoms with van der Waals surface area (Å²) in [6.45, 7) is 7.31. The minimum absolute atomic E-state index is 0.0833. The molecule has 2 aliphatic rings. The number of carbonyl (C=O) groups is 2. The van der Waals surface area contributed by atoms with Crippen molar-refractivity contribution in [3.8, 4) is 17.2 Å².